The van der Waals surface area contributed by atoms with Crippen LogP contribution >= 0.6 is 11.6 Å². The molecule has 0 saturated carbocycles. The molecule has 5 heteroatoms. The number of pyridine rings is 1. The molecule has 0 atom stereocenters. The molecular formula is C20H18ClN3O. The highest BCUT2D eigenvalue weighted by Gasteiger charge is 2.16. The Balaban J connectivity index is 1.75. The predicted octanol–water partition coefficient (Wildman–Crippen LogP) is 4.65. The van der Waals surface area contributed by atoms with E-state index in [4.69, 9.17) is 11.6 Å². The number of anilines is 1. The monoisotopic (exact) mass is 351 g/mol. The van der Waals surface area contributed by atoms with Crippen molar-refractivity contribution in [2.45, 2.75) is 13.1 Å². The van der Waals surface area contributed by atoms with Crippen LogP contribution in [-0.2, 0) is 13.1 Å². The van der Waals surface area contributed by atoms with E-state index < -0.39 is 0 Å². The maximum atomic E-state index is 12.8. The van der Waals surface area contributed by atoms with Crippen LogP contribution < -0.4 is 10.2 Å². The van der Waals surface area contributed by atoms with Crippen LogP contribution in [0.15, 0.2) is 79.1 Å². The number of carbonyl (C=O) groups excluding carboxylic acids is 1. The van der Waals surface area contributed by atoms with Gasteiger partial charge in [0.2, 0.25) is 0 Å². The molecule has 126 valence electrons. The number of aromatic nitrogens is 1. The first-order valence-corrected chi connectivity index (χ1v) is 8.34. The van der Waals surface area contributed by atoms with Crippen molar-refractivity contribution in [2.75, 3.05) is 4.90 Å². The zero-order valence-electron chi connectivity index (χ0n) is 13.6. The van der Waals surface area contributed by atoms with Gasteiger partial charge in [-0.2, -0.15) is 0 Å². The Morgan fingerprint density at radius 2 is 1.80 bits per heavy atom. The van der Waals surface area contributed by atoms with Gasteiger partial charge in [0.1, 0.15) is 0 Å². The average molecular weight is 352 g/mol. The lowest BCUT2D eigenvalue weighted by Gasteiger charge is -2.23. The Morgan fingerprint density at radius 1 is 1.00 bits per heavy atom. The van der Waals surface area contributed by atoms with Crippen LogP contribution in [0.2, 0.25) is 5.02 Å². The van der Waals surface area contributed by atoms with E-state index in [1.54, 1.807) is 17.3 Å². The summed E-state index contributed by atoms with van der Waals surface area (Å²) < 4.78 is 0. The summed E-state index contributed by atoms with van der Waals surface area (Å²) in [4.78, 5) is 18.6. The summed E-state index contributed by atoms with van der Waals surface area (Å²) in [5.74, 6) is 0. The van der Waals surface area contributed by atoms with E-state index in [9.17, 15) is 4.79 Å². The molecule has 0 aliphatic carbocycles. The summed E-state index contributed by atoms with van der Waals surface area (Å²) in [5.41, 5.74) is 2.74. The van der Waals surface area contributed by atoms with Crippen LogP contribution in [0.25, 0.3) is 0 Å². The Morgan fingerprint density at radius 3 is 2.52 bits per heavy atom. The minimum absolute atomic E-state index is 0.171. The summed E-state index contributed by atoms with van der Waals surface area (Å²) in [6.45, 7) is 0.856. The van der Waals surface area contributed by atoms with Crippen LogP contribution in [-0.4, -0.2) is 11.0 Å². The van der Waals surface area contributed by atoms with Gasteiger partial charge < -0.3 is 5.32 Å². The van der Waals surface area contributed by atoms with E-state index in [0.29, 0.717) is 18.1 Å². The molecule has 1 aromatic heterocycles. The van der Waals surface area contributed by atoms with Gasteiger partial charge in [-0.15, -0.1) is 0 Å². The smallest absolute Gasteiger partial charge is 0.322 e. The second-order valence-electron chi connectivity index (χ2n) is 5.57. The van der Waals surface area contributed by atoms with E-state index in [1.807, 2.05) is 66.7 Å². The van der Waals surface area contributed by atoms with Crippen LogP contribution in [0, 0.1) is 0 Å². The minimum atomic E-state index is -0.171. The summed E-state index contributed by atoms with van der Waals surface area (Å²) >= 11 is 6.00. The molecule has 0 saturated heterocycles. The number of hydrogen-bond acceptors (Lipinski definition) is 2. The van der Waals surface area contributed by atoms with Crippen molar-refractivity contribution in [1.82, 2.24) is 10.3 Å². The van der Waals surface area contributed by atoms with Gasteiger partial charge in [0.15, 0.2) is 0 Å². The first kappa shape index (κ1) is 17.0. The lowest BCUT2D eigenvalue weighted by Crippen LogP contribution is -2.39. The molecule has 0 radical (unpaired) electrons. The van der Waals surface area contributed by atoms with Crippen molar-refractivity contribution in [3.63, 3.8) is 0 Å². The molecule has 0 spiro atoms. The van der Waals surface area contributed by atoms with Crippen molar-refractivity contribution in [3.05, 3.63) is 95.3 Å². The van der Waals surface area contributed by atoms with Crippen molar-refractivity contribution in [1.29, 1.82) is 0 Å². The molecule has 0 unspecified atom stereocenters. The highest BCUT2D eigenvalue weighted by molar-refractivity contribution is 6.30. The summed E-state index contributed by atoms with van der Waals surface area (Å²) in [7, 11) is 0. The maximum Gasteiger partial charge on any atom is 0.322 e. The lowest BCUT2D eigenvalue weighted by molar-refractivity contribution is 0.245. The number of urea groups is 1. The van der Waals surface area contributed by atoms with E-state index in [1.165, 1.54) is 0 Å². The largest absolute Gasteiger partial charge is 0.334 e. The average Bonchev–Trinajstić information content (AvgIpc) is 2.66. The minimum Gasteiger partial charge on any atom is -0.334 e. The normalized spacial score (nSPS) is 10.3. The summed E-state index contributed by atoms with van der Waals surface area (Å²) in [6.07, 6.45) is 3.48. The number of carbonyl (C=O) groups is 1. The van der Waals surface area contributed by atoms with E-state index in [0.717, 1.165) is 16.8 Å². The fourth-order valence-electron chi connectivity index (χ4n) is 2.48. The third-order valence-corrected chi connectivity index (χ3v) is 3.94. The molecule has 3 rings (SSSR count). The number of para-hydroxylation sites is 1. The summed E-state index contributed by atoms with van der Waals surface area (Å²) in [5, 5.41) is 3.61. The van der Waals surface area contributed by atoms with E-state index in [-0.39, 0.29) is 6.03 Å². The molecule has 25 heavy (non-hydrogen) atoms. The molecular weight excluding hydrogens is 334 g/mol. The van der Waals surface area contributed by atoms with Gasteiger partial charge in [0.05, 0.1) is 6.54 Å². The van der Waals surface area contributed by atoms with Gasteiger partial charge in [-0.1, -0.05) is 48.0 Å². The van der Waals surface area contributed by atoms with Gasteiger partial charge in [0, 0.05) is 29.6 Å². The third-order valence-electron chi connectivity index (χ3n) is 3.71. The molecule has 3 aromatic rings. The van der Waals surface area contributed by atoms with Gasteiger partial charge in [-0.05, 0) is 41.5 Å². The molecule has 0 aliphatic rings. The fourth-order valence-corrected chi connectivity index (χ4v) is 2.70. The van der Waals surface area contributed by atoms with Crippen molar-refractivity contribution in [2.24, 2.45) is 0 Å². The number of benzene rings is 2. The standard InChI is InChI=1S/C20H18ClN3O/c21-18-8-4-6-16(12-18)14-23-20(25)24(19-9-2-1-3-10-19)15-17-7-5-11-22-13-17/h1-13H,14-15H2,(H,23,25). The molecule has 2 amide bonds. The number of nitrogens with one attached hydrogen (secondary N) is 1. The highest BCUT2D eigenvalue weighted by atomic mass is 35.5. The molecule has 0 aliphatic heterocycles. The van der Waals surface area contributed by atoms with E-state index in [2.05, 4.69) is 10.3 Å². The van der Waals surface area contributed by atoms with Gasteiger partial charge in [-0.3, -0.25) is 9.88 Å². The Labute approximate surface area is 152 Å². The molecule has 1 heterocycles. The number of nitrogens with zero attached hydrogens (tertiary/aromatic N) is 2. The Bertz CT molecular complexity index is 825. The zero-order chi connectivity index (χ0) is 17.5. The third kappa shape index (κ3) is 4.81. The van der Waals surface area contributed by atoms with Gasteiger partial charge in [0.25, 0.3) is 0 Å². The summed E-state index contributed by atoms with van der Waals surface area (Å²) in [6, 6.07) is 20.7. The van der Waals surface area contributed by atoms with Gasteiger partial charge >= 0.3 is 6.03 Å². The second-order valence-corrected chi connectivity index (χ2v) is 6.01. The first-order chi connectivity index (χ1) is 12.2. The molecule has 1 N–H and O–H groups in total. The van der Waals surface area contributed by atoms with Crippen molar-refractivity contribution in [3.8, 4) is 0 Å². The van der Waals surface area contributed by atoms with E-state index >= 15 is 0 Å². The maximum absolute atomic E-state index is 12.8. The number of amides is 2. The quantitative estimate of drug-likeness (QED) is 0.727. The molecule has 4 nitrogen and oxygen atoms in total. The number of rotatable bonds is 5. The Hall–Kier alpha value is -2.85. The number of halogens is 1. The van der Waals surface area contributed by atoms with Crippen LogP contribution in [0.3, 0.4) is 0 Å². The topological polar surface area (TPSA) is 45.2 Å². The van der Waals surface area contributed by atoms with Crippen LogP contribution in [0.5, 0.6) is 0 Å². The van der Waals surface area contributed by atoms with Gasteiger partial charge in [-0.25, -0.2) is 4.79 Å². The highest BCUT2D eigenvalue weighted by Crippen LogP contribution is 2.17. The van der Waals surface area contributed by atoms with Crippen LogP contribution in [0.4, 0.5) is 10.5 Å². The zero-order valence-corrected chi connectivity index (χ0v) is 14.4. The van der Waals surface area contributed by atoms with Crippen molar-refractivity contribution >= 4 is 23.3 Å². The van der Waals surface area contributed by atoms with Crippen LogP contribution in [0.1, 0.15) is 11.1 Å². The fraction of sp³-hybridized carbons (Fsp3) is 0.100. The SMILES string of the molecule is O=C(NCc1cccc(Cl)c1)N(Cc1cccnc1)c1ccccc1. The predicted molar refractivity (Wildman–Crippen MR) is 101 cm³/mol. The molecule has 0 bridgehead atoms. The second kappa shape index (κ2) is 8.31. The first-order valence-electron chi connectivity index (χ1n) is 7.96. The lowest BCUT2D eigenvalue weighted by atomic mass is 10.2. The number of hydrogen-bond donors (Lipinski definition) is 1. The molecule has 2 aromatic carbocycles. The Kier molecular flexibility index (Phi) is 5.65. The van der Waals surface area contributed by atoms with Crippen molar-refractivity contribution < 1.29 is 4.79 Å². The molecule has 0 fully saturated rings.